The Morgan fingerprint density at radius 3 is 2.94 bits per heavy atom. The van der Waals surface area contributed by atoms with Crippen molar-refractivity contribution in [2.45, 2.75) is 6.10 Å². The van der Waals surface area contributed by atoms with Gasteiger partial charge in [-0.1, -0.05) is 23.7 Å². The zero-order valence-corrected chi connectivity index (χ0v) is 10.2. The van der Waals surface area contributed by atoms with Crippen LogP contribution >= 0.6 is 11.6 Å². The van der Waals surface area contributed by atoms with Crippen LogP contribution in [0.5, 0.6) is 5.88 Å². The first-order chi connectivity index (χ1) is 8.69. The predicted octanol–water partition coefficient (Wildman–Crippen LogP) is 1.73. The lowest BCUT2D eigenvalue weighted by Crippen LogP contribution is -2.21. The van der Waals surface area contributed by atoms with E-state index in [1.165, 1.54) is 0 Å². The summed E-state index contributed by atoms with van der Waals surface area (Å²) < 4.78 is 10.2. The summed E-state index contributed by atoms with van der Waals surface area (Å²) in [6, 6.07) is 8.73. The molecular weight excluding hydrogens is 258 g/mol. The number of aromatic nitrogens is 1. The quantitative estimate of drug-likeness (QED) is 0.864. The van der Waals surface area contributed by atoms with E-state index < -0.39 is 6.10 Å². The Bertz CT molecular complexity index is 514. The number of nitrogens with zero attached hydrogens (tertiary/aromatic N) is 1. The maximum Gasteiger partial charge on any atom is 0.254 e. The van der Waals surface area contributed by atoms with Crippen LogP contribution in [0.2, 0.25) is 5.02 Å². The Balaban J connectivity index is 2.06. The number of rotatable bonds is 5. The van der Waals surface area contributed by atoms with Gasteiger partial charge >= 0.3 is 0 Å². The number of ether oxygens (including phenoxy) is 1. The van der Waals surface area contributed by atoms with E-state index in [-0.39, 0.29) is 19.1 Å². The van der Waals surface area contributed by atoms with Crippen molar-refractivity contribution in [1.82, 2.24) is 5.16 Å². The van der Waals surface area contributed by atoms with Gasteiger partial charge in [-0.2, -0.15) is 0 Å². The first kappa shape index (κ1) is 12.9. The molecule has 96 valence electrons. The second kappa shape index (κ2) is 5.86. The van der Waals surface area contributed by atoms with Gasteiger partial charge in [-0.25, -0.2) is 0 Å². The standard InChI is InChI=1S/C12H12ClNO4/c13-9-3-1-2-8(4-9)11-5-12(14-18-11)17-7-10(16)6-15/h1-5,10,15-16H,6-7H2. The van der Waals surface area contributed by atoms with Crippen LogP contribution in [0.15, 0.2) is 34.9 Å². The van der Waals surface area contributed by atoms with Crippen LogP contribution in [0.1, 0.15) is 0 Å². The van der Waals surface area contributed by atoms with Crippen LogP contribution < -0.4 is 4.74 Å². The minimum absolute atomic E-state index is 0.0436. The molecule has 2 rings (SSSR count). The van der Waals surface area contributed by atoms with Gasteiger partial charge in [0.15, 0.2) is 5.76 Å². The minimum Gasteiger partial charge on any atom is -0.473 e. The number of aliphatic hydroxyl groups is 2. The Morgan fingerprint density at radius 2 is 2.22 bits per heavy atom. The van der Waals surface area contributed by atoms with Crippen LogP contribution in [-0.2, 0) is 0 Å². The third-order valence-electron chi connectivity index (χ3n) is 2.23. The van der Waals surface area contributed by atoms with Gasteiger partial charge in [0.2, 0.25) is 0 Å². The van der Waals surface area contributed by atoms with Gasteiger partial charge in [0.1, 0.15) is 12.7 Å². The molecule has 0 saturated heterocycles. The highest BCUT2D eigenvalue weighted by Gasteiger charge is 2.09. The summed E-state index contributed by atoms with van der Waals surface area (Å²) in [7, 11) is 0. The van der Waals surface area contributed by atoms with Crippen molar-refractivity contribution in [1.29, 1.82) is 0 Å². The summed E-state index contributed by atoms with van der Waals surface area (Å²) in [5.74, 6) is 0.767. The molecule has 1 aromatic heterocycles. The molecular formula is C12H12ClNO4. The number of benzene rings is 1. The first-order valence-corrected chi connectivity index (χ1v) is 5.71. The van der Waals surface area contributed by atoms with Crippen molar-refractivity contribution in [3.63, 3.8) is 0 Å². The molecule has 0 aliphatic carbocycles. The van der Waals surface area contributed by atoms with Gasteiger partial charge in [-0.15, -0.1) is 0 Å². The average Bonchev–Trinajstić information content (AvgIpc) is 2.84. The first-order valence-electron chi connectivity index (χ1n) is 5.33. The monoisotopic (exact) mass is 269 g/mol. The van der Waals surface area contributed by atoms with E-state index in [1.54, 1.807) is 24.3 Å². The third-order valence-corrected chi connectivity index (χ3v) is 2.47. The highest BCUT2D eigenvalue weighted by atomic mass is 35.5. The Morgan fingerprint density at radius 1 is 1.39 bits per heavy atom. The number of hydrogen-bond acceptors (Lipinski definition) is 5. The van der Waals surface area contributed by atoms with Gasteiger partial charge < -0.3 is 19.5 Å². The van der Waals surface area contributed by atoms with E-state index in [1.807, 2.05) is 6.07 Å². The molecule has 1 unspecified atom stereocenters. The van der Waals surface area contributed by atoms with Crippen LogP contribution in [0, 0.1) is 0 Å². The largest absolute Gasteiger partial charge is 0.473 e. The van der Waals surface area contributed by atoms with E-state index in [0.717, 1.165) is 5.56 Å². The highest BCUT2D eigenvalue weighted by Crippen LogP contribution is 2.25. The second-order valence-corrected chi connectivity index (χ2v) is 4.12. The Hall–Kier alpha value is -1.56. The molecule has 18 heavy (non-hydrogen) atoms. The van der Waals surface area contributed by atoms with E-state index in [9.17, 15) is 0 Å². The fourth-order valence-electron chi connectivity index (χ4n) is 1.34. The molecule has 0 bridgehead atoms. The lowest BCUT2D eigenvalue weighted by Gasteiger charge is -2.05. The smallest absolute Gasteiger partial charge is 0.254 e. The van der Waals surface area contributed by atoms with Crippen LogP contribution in [0.3, 0.4) is 0 Å². The van der Waals surface area contributed by atoms with E-state index >= 15 is 0 Å². The molecule has 5 nitrogen and oxygen atoms in total. The lowest BCUT2D eigenvalue weighted by molar-refractivity contribution is 0.0509. The molecule has 2 N–H and O–H groups in total. The summed E-state index contributed by atoms with van der Waals surface area (Å²) in [6.07, 6.45) is -0.934. The number of hydrogen-bond donors (Lipinski definition) is 2. The molecule has 0 aliphatic heterocycles. The van der Waals surface area contributed by atoms with Gasteiger partial charge in [-0.05, 0) is 17.3 Å². The molecule has 0 spiro atoms. The Labute approximate surface area is 109 Å². The maximum atomic E-state index is 9.13. The summed E-state index contributed by atoms with van der Waals surface area (Å²) in [6.45, 7) is -0.406. The fraction of sp³-hybridized carbons (Fsp3) is 0.250. The number of aliphatic hydroxyl groups excluding tert-OH is 2. The summed E-state index contributed by atoms with van der Waals surface area (Å²) in [4.78, 5) is 0. The predicted molar refractivity (Wildman–Crippen MR) is 65.5 cm³/mol. The molecule has 0 amide bonds. The zero-order valence-electron chi connectivity index (χ0n) is 9.41. The zero-order chi connectivity index (χ0) is 13.0. The van der Waals surface area contributed by atoms with Crippen molar-refractivity contribution < 1.29 is 19.5 Å². The van der Waals surface area contributed by atoms with Gasteiger partial charge in [0.25, 0.3) is 5.88 Å². The molecule has 1 aromatic carbocycles. The summed E-state index contributed by atoms with van der Waals surface area (Å²) in [5.41, 5.74) is 0.785. The minimum atomic E-state index is -0.934. The fourth-order valence-corrected chi connectivity index (χ4v) is 1.53. The Kier molecular flexibility index (Phi) is 4.19. The molecule has 6 heteroatoms. The average molecular weight is 270 g/mol. The molecule has 0 radical (unpaired) electrons. The maximum absolute atomic E-state index is 9.13. The van der Waals surface area contributed by atoms with Gasteiger partial charge in [-0.3, -0.25) is 0 Å². The van der Waals surface area contributed by atoms with Crippen LogP contribution in [-0.4, -0.2) is 34.7 Å². The van der Waals surface area contributed by atoms with Crippen molar-refractivity contribution in [2.75, 3.05) is 13.2 Å². The van der Waals surface area contributed by atoms with E-state index in [4.69, 9.17) is 31.1 Å². The number of halogens is 1. The molecule has 2 aromatic rings. The summed E-state index contributed by atoms with van der Waals surface area (Å²) >= 11 is 5.87. The van der Waals surface area contributed by atoms with Crippen molar-refractivity contribution >= 4 is 11.6 Å². The SMILES string of the molecule is OCC(O)COc1cc(-c2cccc(Cl)c2)on1. The molecule has 0 aliphatic rings. The van der Waals surface area contributed by atoms with E-state index in [2.05, 4.69) is 5.16 Å². The third kappa shape index (κ3) is 3.22. The van der Waals surface area contributed by atoms with Gasteiger partial charge in [0, 0.05) is 16.7 Å². The van der Waals surface area contributed by atoms with E-state index in [0.29, 0.717) is 10.8 Å². The van der Waals surface area contributed by atoms with Crippen molar-refractivity contribution in [2.24, 2.45) is 0 Å². The molecule has 0 saturated carbocycles. The van der Waals surface area contributed by atoms with Crippen LogP contribution in [0.25, 0.3) is 11.3 Å². The summed E-state index contributed by atoms with van der Waals surface area (Å²) in [5, 5.41) is 22.1. The second-order valence-electron chi connectivity index (χ2n) is 3.69. The molecule has 1 atom stereocenters. The lowest BCUT2D eigenvalue weighted by atomic mass is 10.2. The van der Waals surface area contributed by atoms with Gasteiger partial charge in [0.05, 0.1) is 6.61 Å². The highest BCUT2D eigenvalue weighted by molar-refractivity contribution is 6.30. The normalized spacial score (nSPS) is 12.4. The topological polar surface area (TPSA) is 75.7 Å². The molecule has 1 heterocycles. The van der Waals surface area contributed by atoms with Crippen molar-refractivity contribution in [3.05, 3.63) is 35.4 Å². The van der Waals surface area contributed by atoms with Crippen LogP contribution in [0.4, 0.5) is 0 Å². The van der Waals surface area contributed by atoms with Crippen molar-refractivity contribution in [3.8, 4) is 17.2 Å². The molecule has 0 fully saturated rings.